The monoisotopic (exact) mass is 349 g/mol. The molecular formula is C18H24FN3OS. The Morgan fingerprint density at radius 1 is 1.29 bits per heavy atom. The van der Waals surface area contributed by atoms with Gasteiger partial charge in [-0.25, -0.2) is 9.37 Å². The van der Waals surface area contributed by atoms with Crippen LogP contribution in [0.5, 0.6) is 0 Å². The van der Waals surface area contributed by atoms with E-state index in [2.05, 4.69) is 22.1 Å². The minimum absolute atomic E-state index is 0.216. The molecule has 1 fully saturated rings. The standard InChI is InChI=1S/C18H24FN3OS/c1-3-23-11-10-21-8-9-22(12-14(21)2)18-20-17(13-24-18)15-4-6-16(19)7-5-15/h4-7,13-14H,3,8-12H2,1-2H3. The van der Waals surface area contributed by atoms with Crippen LogP contribution in [-0.4, -0.2) is 55.3 Å². The third kappa shape index (κ3) is 4.12. The summed E-state index contributed by atoms with van der Waals surface area (Å²) in [4.78, 5) is 9.57. The summed E-state index contributed by atoms with van der Waals surface area (Å²) >= 11 is 1.66. The molecule has 1 atom stereocenters. The van der Waals surface area contributed by atoms with E-state index in [9.17, 15) is 4.39 Å². The molecule has 4 nitrogen and oxygen atoms in total. The van der Waals surface area contributed by atoms with Gasteiger partial charge in [-0.05, 0) is 38.1 Å². The van der Waals surface area contributed by atoms with Gasteiger partial charge < -0.3 is 9.64 Å². The van der Waals surface area contributed by atoms with Gasteiger partial charge in [0.1, 0.15) is 5.82 Å². The topological polar surface area (TPSA) is 28.6 Å². The van der Waals surface area contributed by atoms with Gasteiger partial charge in [0.15, 0.2) is 5.13 Å². The van der Waals surface area contributed by atoms with E-state index in [1.807, 2.05) is 6.92 Å². The third-order valence-corrected chi connectivity index (χ3v) is 5.30. The van der Waals surface area contributed by atoms with Crippen LogP contribution >= 0.6 is 11.3 Å². The number of halogens is 1. The van der Waals surface area contributed by atoms with Crippen LogP contribution in [0.4, 0.5) is 9.52 Å². The second kappa shape index (κ2) is 8.05. The summed E-state index contributed by atoms with van der Waals surface area (Å²) in [6.45, 7) is 9.83. The molecule has 0 saturated carbocycles. The van der Waals surface area contributed by atoms with Gasteiger partial charge in [0.25, 0.3) is 0 Å². The zero-order valence-electron chi connectivity index (χ0n) is 14.2. The van der Waals surface area contributed by atoms with Gasteiger partial charge in [-0.1, -0.05) is 0 Å². The van der Waals surface area contributed by atoms with Crippen molar-refractivity contribution in [3.63, 3.8) is 0 Å². The summed E-state index contributed by atoms with van der Waals surface area (Å²) in [5.74, 6) is -0.216. The van der Waals surface area contributed by atoms with Crippen molar-refractivity contribution in [2.75, 3.05) is 44.3 Å². The first-order chi connectivity index (χ1) is 11.7. The number of anilines is 1. The number of ether oxygens (including phenoxy) is 1. The Bertz CT molecular complexity index is 646. The Balaban J connectivity index is 1.61. The van der Waals surface area contributed by atoms with E-state index < -0.39 is 0 Å². The second-order valence-corrected chi connectivity index (χ2v) is 6.89. The van der Waals surface area contributed by atoms with Crippen molar-refractivity contribution in [3.8, 4) is 11.3 Å². The summed E-state index contributed by atoms with van der Waals surface area (Å²) in [6.07, 6.45) is 0. The van der Waals surface area contributed by atoms with E-state index >= 15 is 0 Å². The summed E-state index contributed by atoms with van der Waals surface area (Å²) in [6, 6.07) is 7.00. The minimum Gasteiger partial charge on any atom is -0.380 e. The number of aromatic nitrogens is 1. The van der Waals surface area contributed by atoms with Gasteiger partial charge in [0.05, 0.1) is 12.3 Å². The molecule has 0 N–H and O–H groups in total. The van der Waals surface area contributed by atoms with Gasteiger partial charge >= 0.3 is 0 Å². The van der Waals surface area contributed by atoms with Gasteiger partial charge in [-0.2, -0.15) is 0 Å². The van der Waals surface area contributed by atoms with Gasteiger partial charge in [0, 0.05) is 49.8 Å². The molecule has 6 heteroatoms. The lowest BCUT2D eigenvalue weighted by atomic mass is 10.2. The highest BCUT2D eigenvalue weighted by atomic mass is 32.1. The molecule has 2 heterocycles. The lowest BCUT2D eigenvalue weighted by Gasteiger charge is -2.39. The first-order valence-electron chi connectivity index (χ1n) is 8.45. The molecule has 3 rings (SSSR count). The smallest absolute Gasteiger partial charge is 0.185 e. The summed E-state index contributed by atoms with van der Waals surface area (Å²) in [5, 5.41) is 3.10. The predicted octanol–water partition coefficient (Wildman–Crippen LogP) is 3.50. The van der Waals surface area contributed by atoms with Crippen LogP contribution in [0.15, 0.2) is 29.6 Å². The number of piperazine rings is 1. The van der Waals surface area contributed by atoms with Crippen LogP contribution < -0.4 is 4.90 Å². The molecule has 1 saturated heterocycles. The molecular weight excluding hydrogens is 325 g/mol. The lowest BCUT2D eigenvalue weighted by molar-refractivity contribution is 0.0926. The maximum absolute atomic E-state index is 13.0. The first-order valence-corrected chi connectivity index (χ1v) is 9.33. The highest BCUT2D eigenvalue weighted by Crippen LogP contribution is 2.29. The number of benzene rings is 1. The minimum atomic E-state index is -0.216. The molecule has 0 radical (unpaired) electrons. The molecule has 0 spiro atoms. The summed E-state index contributed by atoms with van der Waals surface area (Å²) < 4.78 is 18.5. The zero-order valence-corrected chi connectivity index (χ0v) is 15.1. The van der Waals surface area contributed by atoms with E-state index in [1.54, 1.807) is 23.5 Å². The molecule has 1 aliphatic heterocycles. The number of thiazole rings is 1. The zero-order chi connectivity index (χ0) is 16.9. The molecule has 1 aromatic heterocycles. The normalized spacial score (nSPS) is 19.0. The Kier molecular flexibility index (Phi) is 5.81. The van der Waals surface area contributed by atoms with E-state index in [0.717, 1.165) is 55.8 Å². The van der Waals surface area contributed by atoms with Crippen LogP contribution in [0.1, 0.15) is 13.8 Å². The molecule has 0 bridgehead atoms. The quantitative estimate of drug-likeness (QED) is 0.747. The molecule has 1 unspecified atom stereocenters. The maximum atomic E-state index is 13.0. The van der Waals surface area contributed by atoms with Crippen LogP contribution in [0, 0.1) is 5.82 Å². The molecule has 130 valence electrons. The number of nitrogens with zero attached hydrogens (tertiary/aromatic N) is 3. The lowest BCUT2D eigenvalue weighted by Crippen LogP contribution is -2.52. The predicted molar refractivity (Wildman–Crippen MR) is 97.2 cm³/mol. The Labute approximate surface area is 146 Å². The molecule has 2 aromatic rings. The van der Waals surface area contributed by atoms with Crippen LogP contribution in [0.2, 0.25) is 0 Å². The number of rotatable bonds is 6. The highest BCUT2D eigenvalue weighted by Gasteiger charge is 2.25. The molecule has 0 aliphatic carbocycles. The van der Waals surface area contributed by atoms with Crippen LogP contribution in [0.25, 0.3) is 11.3 Å². The van der Waals surface area contributed by atoms with Crippen molar-refractivity contribution >= 4 is 16.5 Å². The van der Waals surface area contributed by atoms with Crippen molar-refractivity contribution in [2.24, 2.45) is 0 Å². The first kappa shape index (κ1) is 17.3. The average molecular weight is 349 g/mol. The second-order valence-electron chi connectivity index (χ2n) is 6.05. The van der Waals surface area contributed by atoms with E-state index in [4.69, 9.17) is 9.72 Å². The van der Waals surface area contributed by atoms with Crippen molar-refractivity contribution in [3.05, 3.63) is 35.5 Å². The largest absolute Gasteiger partial charge is 0.380 e. The van der Waals surface area contributed by atoms with Crippen molar-refractivity contribution < 1.29 is 9.13 Å². The number of hydrogen-bond acceptors (Lipinski definition) is 5. The van der Waals surface area contributed by atoms with Gasteiger partial charge in [-0.15, -0.1) is 11.3 Å². The van der Waals surface area contributed by atoms with Crippen molar-refractivity contribution in [1.82, 2.24) is 9.88 Å². The van der Waals surface area contributed by atoms with Crippen LogP contribution in [-0.2, 0) is 4.74 Å². The van der Waals surface area contributed by atoms with E-state index in [-0.39, 0.29) is 5.82 Å². The van der Waals surface area contributed by atoms with Crippen molar-refractivity contribution in [2.45, 2.75) is 19.9 Å². The number of hydrogen-bond donors (Lipinski definition) is 0. The fourth-order valence-electron chi connectivity index (χ4n) is 2.99. The fourth-order valence-corrected chi connectivity index (χ4v) is 3.86. The molecule has 1 aromatic carbocycles. The van der Waals surface area contributed by atoms with Gasteiger partial charge in [0.2, 0.25) is 0 Å². The van der Waals surface area contributed by atoms with E-state index in [1.165, 1.54) is 12.1 Å². The van der Waals surface area contributed by atoms with Crippen molar-refractivity contribution in [1.29, 1.82) is 0 Å². The van der Waals surface area contributed by atoms with E-state index in [0.29, 0.717) is 6.04 Å². The van der Waals surface area contributed by atoms with Crippen LogP contribution in [0.3, 0.4) is 0 Å². The maximum Gasteiger partial charge on any atom is 0.185 e. The summed E-state index contributed by atoms with van der Waals surface area (Å²) in [5.41, 5.74) is 1.88. The Morgan fingerprint density at radius 3 is 2.79 bits per heavy atom. The Morgan fingerprint density at radius 2 is 2.08 bits per heavy atom. The fraction of sp³-hybridized carbons (Fsp3) is 0.500. The third-order valence-electron chi connectivity index (χ3n) is 4.39. The SMILES string of the molecule is CCOCCN1CCN(c2nc(-c3ccc(F)cc3)cs2)CC1C. The molecule has 0 amide bonds. The molecule has 24 heavy (non-hydrogen) atoms. The highest BCUT2D eigenvalue weighted by molar-refractivity contribution is 7.14. The Hall–Kier alpha value is -1.50. The molecule has 1 aliphatic rings. The summed E-state index contributed by atoms with van der Waals surface area (Å²) in [7, 11) is 0. The average Bonchev–Trinajstić information content (AvgIpc) is 3.07. The van der Waals surface area contributed by atoms with Gasteiger partial charge in [-0.3, -0.25) is 4.90 Å².